The highest BCUT2D eigenvalue weighted by atomic mass is 19.1. The number of benzene rings is 2. The van der Waals surface area contributed by atoms with Crippen molar-refractivity contribution in [1.82, 2.24) is 9.38 Å². The average molecular weight is 440 g/mol. The molecule has 7 nitrogen and oxygen atoms in total. The number of halogens is 1. The summed E-state index contributed by atoms with van der Waals surface area (Å²) in [6.07, 6.45) is 2.65. The summed E-state index contributed by atoms with van der Waals surface area (Å²) in [5, 5.41) is 12.2. The number of hydrogen-bond donors (Lipinski definition) is 1. The molecule has 2 aromatic heterocycles. The molecule has 0 unspecified atom stereocenters. The molecule has 0 spiro atoms. The molecule has 0 saturated heterocycles. The van der Waals surface area contributed by atoms with E-state index in [-0.39, 0.29) is 22.8 Å². The number of nitriles is 1. The van der Waals surface area contributed by atoms with Crippen molar-refractivity contribution in [2.75, 3.05) is 5.32 Å². The molecule has 0 bridgehead atoms. The molecule has 0 atom stereocenters. The van der Waals surface area contributed by atoms with Gasteiger partial charge in [0.15, 0.2) is 0 Å². The standard InChI is InChI=1S/C25H17FN4O3/c1-16-5-9-19(10-6-16)28-23(31)17(15-27)14-21-24(33-20-11-7-18(26)8-12-20)29-22-4-2-3-13-30(22)25(21)32/h2-14H,1H3,(H,28,31). The van der Waals surface area contributed by atoms with Crippen LogP contribution in [0.2, 0.25) is 0 Å². The minimum atomic E-state index is -0.688. The molecule has 1 N–H and O–H groups in total. The van der Waals surface area contributed by atoms with Gasteiger partial charge in [0.1, 0.15) is 34.4 Å². The summed E-state index contributed by atoms with van der Waals surface area (Å²) in [7, 11) is 0. The summed E-state index contributed by atoms with van der Waals surface area (Å²) < 4.78 is 20.3. The molecule has 4 aromatic rings. The number of pyridine rings is 1. The number of anilines is 1. The molecule has 0 aliphatic carbocycles. The van der Waals surface area contributed by atoms with Gasteiger partial charge in [0, 0.05) is 11.9 Å². The number of aryl methyl sites for hydroxylation is 1. The molecule has 33 heavy (non-hydrogen) atoms. The van der Waals surface area contributed by atoms with Crippen molar-refractivity contribution in [3.63, 3.8) is 0 Å². The van der Waals surface area contributed by atoms with Gasteiger partial charge in [-0.25, -0.2) is 4.39 Å². The van der Waals surface area contributed by atoms with E-state index in [2.05, 4.69) is 10.3 Å². The molecule has 8 heteroatoms. The van der Waals surface area contributed by atoms with Crippen LogP contribution in [-0.4, -0.2) is 15.3 Å². The van der Waals surface area contributed by atoms with Gasteiger partial charge in [0.2, 0.25) is 5.88 Å². The van der Waals surface area contributed by atoms with Crippen LogP contribution in [0.5, 0.6) is 11.6 Å². The molecule has 0 aliphatic heterocycles. The second-order valence-electron chi connectivity index (χ2n) is 7.11. The van der Waals surface area contributed by atoms with Crippen molar-refractivity contribution in [1.29, 1.82) is 5.26 Å². The van der Waals surface area contributed by atoms with E-state index < -0.39 is 17.3 Å². The van der Waals surface area contributed by atoms with Crippen LogP contribution in [0.1, 0.15) is 11.1 Å². The first-order valence-corrected chi connectivity index (χ1v) is 9.89. The number of amides is 1. The van der Waals surface area contributed by atoms with E-state index in [1.807, 2.05) is 25.1 Å². The van der Waals surface area contributed by atoms with Crippen LogP contribution in [0.15, 0.2) is 83.3 Å². The number of carbonyl (C=O) groups excluding carboxylic acids is 1. The van der Waals surface area contributed by atoms with E-state index in [0.717, 1.165) is 11.6 Å². The Balaban J connectivity index is 1.78. The Bertz CT molecular complexity index is 1470. The number of ether oxygens (including phenoxy) is 1. The topological polar surface area (TPSA) is 96.5 Å². The SMILES string of the molecule is Cc1ccc(NC(=O)C(C#N)=Cc2c(Oc3ccc(F)cc3)nc3ccccn3c2=O)cc1. The van der Waals surface area contributed by atoms with Gasteiger partial charge in [-0.1, -0.05) is 23.8 Å². The summed E-state index contributed by atoms with van der Waals surface area (Å²) in [5.74, 6) is -1.02. The number of fused-ring (bicyclic) bond motifs is 1. The molecule has 4 rings (SSSR count). The maximum absolute atomic E-state index is 13.3. The minimum Gasteiger partial charge on any atom is -0.438 e. The van der Waals surface area contributed by atoms with Gasteiger partial charge in [0.25, 0.3) is 11.5 Å². The van der Waals surface area contributed by atoms with E-state index in [9.17, 15) is 19.2 Å². The zero-order chi connectivity index (χ0) is 23.4. The zero-order valence-electron chi connectivity index (χ0n) is 17.4. The van der Waals surface area contributed by atoms with Crippen molar-refractivity contribution in [2.45, 2.75) is 6.92 Å². The molecular formula is C25H17FN4O3. The smallest absolute Gasteiger partial charge is 0.269 e. The molecule has 0 saturated carbocycles. The highest BCUT2D eigenvalue weighted by Crippen LogP contribution is 2.24. The van der Waals surface area contributed by atoms with E-state index in [1.165, 1.54) is 34.9 Å². The third kappa shape index (κ3) is 4.78. The van der Waals surface area contributed by atoms with Crippen molar-refractivity contribution < 1.29 is 13.9 Å². The zero-order valence-corrected chi connectivity index (χ0v) is 17.4. The van der Waals surface area contributed by atoms with E-state index >= 15 is 0 Å². The second-order valence-corrected chi connectivity index (χ2v) is 7.11. The highest BCUT2D eigenvalue weighted by molar-refractivity contribution is 6.09. The summed E-state index contributed by atoms with van der Waals surface area (Å²) in [4.78, 5) is 30.2. The van der Waals surface area contributed by atoms with Crippen molar-refractivity contribution >= 4 is 23.3 Å². The Morgan fingerprint density at radius 1 is 1.12 bits per heavy atom. The Kier molecular flexibility index (Phi) is 5.96. The fraction of sp³-hybridized carbons (Fsp3) is 0.0400. The second kappa shape index (κ2) is 9.16. The lowest BCUT2D eigenvalue weighted by atomic mass is 10.1. The lowest BCUT2D eigenvalue weighted by Gasteiger charge is -2.10. The molecule has 0 aliphatic rings. The van der Waals surface area contributed by atoms with Crippen LogP contribution in [0, 0.1) is 24.1 Å². The summed E-state index contributed by atoms with van der Waals surface area (Å²) in [6, 6.07) is 19.0. The van der Waals surface area contributed by atoms with Gasteiger partial charge in [-0.15, -0.1) is 0 Å². The van der Waals surface area contributed by atoms with Crippen LogP contribution in [0.3, 0.4) is 0 Å². The molecule has 1 amide bonds. The van der Waals surface area contributed by atoms with Crippen molar-refractivity contribution in [3.8, 4) is 17.7 Å². The Morgan fingerprint density at radius 3 is 2.55 bits per heavy atom. The van der Waals surface area contributed by atoms with E-state index in [1.54, 1.807) is 30.3 Å². The fourth-order valence-electron chi connectivity index (χ4n) is 3.03. The maximum atomic E-state index is 13.3. The van der Waals surface area contributed by atoms with Crippen LogP contribution in [0.4, 0.5) is 10.1 Å². The van der Waals surface area contributed by atoms with Gasteiger partial charge in [-0.3, -0.25) is 14.0 Å². The number of aromatic nitrogens is 2. The summed E-state index contributed by atoms with van der Waals surface area (Å²) >= 11 is 0. The van der Waals surface area contributed by atoms with Gasteiger partial charge in [-0.2, -0.15) is 10.2 Å². The van der Waals surface area contributed by atoms with Gasteiger partial charge < -0.3 is 10.1 Å². The first-order valence-electron chi connectivity index (χ1n) is 9.89. The number of carbonyl (C=O) groups is 1. The average Bonchev–Trinajstić information content (AvgIpc) is 2.82. The number of hydrogen-bond acceptors (Lipinski definition) is 5. The lowest BCUT2D eigenvalue weighted by molar-refractivity contribution is -0.112. The number of rotatable bonds is 5. The normalized spacial score (nSPS) is 11.1. The van der Waals surface area contributed by atoms with Crippen molar-refractivity contribution in [3.05, 3.63) is 106 Å². The lowest BCUT2D eigenvalue weighted by Crippen LogP contribution is -2.20. The van der Waals surface area contributed by atoms with Gasteiger partial charge in [0.05, 0.1) is 0 Å². The Labute approximate surface area is 188 Å². The summed E-state index contributed by atoms with van der Waals surface area (Å²) in [6.45, 7) is 1.91. The quantitative estimate of drug-likeness (QED) is 0.365. The molecule has 0 fully saturated rings. The van der Waals surface area contributed by atoms with Crippen molar-refractivity contribution in [2.24, 2.45) is 0 Å². The predicted molar refractivity (Wildman–Crippen MR) is 121 cm³/mol. The number of nitrogens with one attached hydrogen (secondary N) is 1. The van der Waals surface area contributed by atoms with Gasteiger partial charge >= 0.3 is 0 Å². The maximum Gasteiger partial charge on any atom is 0.269 e. The van der Waals surface area contributed by atoms with Crippen LogP contribution < -0.4 is 15.6 Å². The summed E-state index contributed by atoms with van der Waals surface area (Å²) in [5.41, 5.74) is 0.880. The minimum absolute atomic E-state index is 0.0985. The third-order valence-corrected chi connectivity index (χ3v) is 4.73. The molecule has 2 aromatic carbocycles. The number of nitrogens with zero attached hydrogens (tertiary/aromatic N) is 3. The fourth-order valence-corrected chi connectivity index (χ4v) is 3.03. The monoisotopic (exact) mass is 440 g/mol. The molecule has 162 valence electrons. The van der Waals surface area contributed by atoms with Crippen LogP contribution in [0.25, 0.3) is 11.7 Å². The van der Waals surface area contributed by atoms with E-state index in [0.29, 0.717) is 11.3 Å². The third-order valence-electron chi connectivity index (χ3n) is 4.73. The van der Waals surface area contributed by atoms with Crippen LogP contribution >= 0.6 is 0 Å². The molecule has 0 radical (unpaired) electrons. The Morgan fingerprint density at radius 2 is 1.85 bits per heavy atom. The first-order chi connectivity index (χ1) is 15.9. The predicted octanol–water partition coefficient (Wildman–Crippen LogP) is 4.48. The van der Waals surface area contributed by atoms with Gasteiger partial charge in [-0.05, 0) is 61.5 Å². The van der Waals surface area contributed by atoms with E-state index in [4.69, 9.17) is 4.74 Å². The molecular weight excluding hydrogens is 423 g/mol. The molecule has 2 heterocycles. The van der Waals surface area contributed by atoms with Crippen LogP contribution in [-0.2, 0) is 4.79 Å². The highest BCUT2D eigenvalue weighted by Gasteiger charge is 2.17. The Hall–Kier alpha value is -4.77. The first kappa shape index (κ1) is 21.5. The largest absolute Gasteiger partial charge is 0.438 e.